The van der Waals surface area contributed by atoms with Gasteiger partial charge in [0.1, 0.15) is 0 Å². The number of pyridine rings is 1. The molecule has 0 amide bonds. The van der Waals surface area contributed by atoms with Crippen LogP contribution in [0, 0.1) is 0 Å². The van der Waals surface area contributed by atoms with Gasteiger partial charge < -0.3 is 0 Å². The quantitative estimate of drug-likeness (QED) is 0.650. The Balaban J connectivity index is 1.35. The van der Waals surface area contributed by atoms with Crippen LogP contribution in [0.2, 0.25) is 0 Å². The summed E-state index contributed by atoms with van der Waals surface area (Å²) in [4.78, 5) is 6.70. The zero-order valence-electron chi connectivity index (χ0n) is 16.1. The number of nitrogens with zero attached hydrogens (tertiary/aromatic N) is 4. The van der Waals surface area contributed by atoms with Gasteiger partial charge >= 0.3 is 0 Å². The van der Waals surface area contributed by atoms with Gasteiger partial charge in [0, 0.05) is 44.1 Å². The summed E-state index contributed by atoms with van der Waals surface area (Å²) in [5.41, 5.74) is 7.83. The molecule has 140 valence electrons. The van der Waals surface area contributed by atoms with Crippen molar-refractivity contribution in [1.29, 1.82) is 0 Å². The fourth-order valence-corrected chi connectivity index (χ4v) is 4.45. The number of fused-ring (bicyclic) bond motifs is 3. The lowest BCUT2D eigenvalue weighted by atomic mass is 10.0. The molecule has 0 radical (unpaired) electrons. The highest BCUT2D eigenvalue weighted by atomic mass is 15.5. The lowest BCUT2D eigenvalue weighted by Gasteiger charge is -2.37. The molecule has 1 aliphatic heterocycles. The first-order valence-electron chi connectivity index (χ1n) is 9.94. The van der Waals surface area contributed by atoms with Gasteiger partial charge in [-0.15, -0.1) is 0 Å². The SMILES string of the molecule is C/C(=N/N1CCN(C2c3ccccc3-c3ccccc32)CC1)c1ccncc1. The molecule has 0 N–H and O–H groups in total. The number of hydrazone groups is 1. The van der Waals surface area contributed by atoms with Gasteiger partial charge in [0.15, 0.2) is 0 Å². The van der Waals surface area contributed by atoms with Crippen molar-refractivity contribution < 1.29 is 0 Å². The molecule has 4 nitrogen and oxygen atoms in total. The van der Waals surface area contributed by atoms with Crippen LogP contribution in [0.15, 0.2) is 78.2 Å². The summed E-state index contributed by atoms with van der Waals surface area (Å²) in [6.07, 6.45) is 3.64. The molecule has 4 heteroatoms. The molecule has 0 unspecified atom stereocenters. The fraction of sp³-hybridized carbons (Fsp3) is 0.250. The largest absolute Gasteiger partial charge is 0.294 e. The molecule has 1 fully saturated rings. The van der Waals surface area contributed by atoms with Crippen molar-refractivity contribution in [3.63, 3.8) is 0 Å². The Morgan fingerprint density at radius 2 is 1.39 bits per heavy atom. The second-order valence-electron chi connectivity index (χ2n) is 7.49. The summed E-state index contributed by atoms with van der Waals surface area (Å²) in [6, 6.07) is 22.1. The van der Waals surface area contributed by atoms with E-state index in [9.17, 15) is 0 Å². The molecule has 1 saturated heterocycles. The third-order valence-electron chi connectivity index (χ3n) is 5.85. The van der Waals surface area contributed by atoms with Crippen LogP contribution in [0.4, 0.5) is 0 Å². The fourth-order valence-electron chi connectivity index (χ4n) is 4.45. The van der Waals surface area contributed by atoms with Crippen molar-refractivity contribution in [3.05, 3.63) is 89.7 Å². The Morgan fingerprint density at radius 1 is 0.821 bits per heavy atom. The summed E-state index contributed by atoms with van der Waals surface area (Å²) in [5.74, 6) is 0. The minimum absolute atomic E-state index is 0.361. The number of aromatic nitrogens is 1. The van der Waals surface area contributed by atoms with Crippen LogP contribution in [-0.2, 0) is 0 Å². The smallest absolute Gasteiger partial charge is 0.0647 e. The van der Waals surface area contributed by atoms with Gasteiger partial charge in [-0.25, -0.2) is 0 Å². The van der Waals surface area contributed by atoms with Crippen LogP contribution in [0.1, 0.15) is 29.7 Å². The van der Waals surface area contributed by atoms with Crippen LogP contribution in [0.25, 0.3) is 11.1 Å². The van der Waals surface area contributed by atoms with E-state index in [4.69, 9.17) is 5.10 Å². The van der Waals surface area contributed by atoms with E-state index < -0.39 is 0 Å². The third kappa shape index (κ3) is 3.00. The van der Waals surface area contributed by atoms with E-state index >= 15 is 0 Å². The maximum atomic E-state index is 4.85. The Labute approximate surface area is 166 Å². The molecule has 2 aliphatic rings. The van der Waals surface area contributed by atoms with Crippen LogP contribution >= 0.6 is 0 Å². The van der Waals surface area contributed by atoms with E-state index in [0.29, 0.717) is 6.04 Å². The van der Waals surface area contributed by atoms with Gasteiger partial charge in [-0.05, 0) is 41.3 Å². The summed E-state index contributed by atoms with van der Waals surface area (Å²) >= 11 is 0. The highest BCUT2D eigenvalue weighted by Crippen LogP contribution is 2.46. The van der Waals surface area contributed by atoms with Crippen LogP contribution in [0.5, 0.6) is 0 Å². The first-order valence-corrected chi connectivity index (χ1v) is 9.94. The maximum Gasteiger partial charge on any atom is 0.0647 e. The lowest BCUT2D eigenvalue weighted by molar-refractivity contribution is 0.114. The van der Waals surface area contributed by atoms with Crippen molar-refractivity contribution in [2.45, 2.75) is 13.0 Å². The number of rotatable bonds is 3. The van der Waals surface area contributed by atoms with Gasteiger partial charge in [0.25, 0.3) is 0 Å². The molecule has 0 atom stereocenters. The Hall–Kier alpha value is -2.98. The summed E-state index contributed by atoms with van der Waals surface area (Å²) in [6.45, 7) is 6.00. The predicted molar refractivity (Wildman–Crippen MR) is 113 cm³/mol. The predicted octanol–water partition coefficient (Wildman–Crippen LogP) is 4.19. The monoisotopic (exact) mass is 368 g/mol. The van der Waals surface area contributed by atoms with Crippen molar-refractivity contribution in [1.82, 2.24) is 14.9 Å². The zero-order valence-corrected chi connectivity index (χ0v) is 16.1. The Morgan fingerprint density at radius 3 is 2.00 bits per heavy atom. The van der Waals surface area contributed by atoms with Crippen molar-refractivity contribution in [2.24, 2.45) is 5.10 Å². The third-order valence-corrected chi connectivity index (χ3v) is 5.85. The Bertz CT molecular complexity index is 958. The molecule has 0 bridgehead atoms. The average Bonchev–Trinajstić information content (AvgIpc) is 3.09. The van der Waals surface area contributed by atoms with Gasteiger partial charge in [-0.2, -0.15) is 5.10 Å². The molecule has 28 heavy (non-hydrogen) atoms. The molecule has 2 heterocycles. The molecular formula is C24H24N4. The highest BCUT2D eigenvalue weighted by Gasteiger charge is 2.33. The van der Waals surface area contributed by atoms with E-state index in [1.807, 2.05) is 24.5 Å². The molecule has 0 spiro atoms. The van der Waals surface area contributed by atoms with Crippen LogP contribution < -0.4 is 0 Å². The van der Waals surface area contributed by atoms with Crippen molar-refractivity contribution >= 4 is 5.71 Å². The van der Waals surface area contributed by atoms with Crippen LogP contribution in [-0.4, -0.2) is 46.8 Å². The molecule has 1 aromatic heterocycles. The van der Waals surface area contributed by atoms with E-state index in [1.165, 1.54) is 22.3 Å². The standard InChI is InChI=1S/C24H24N4/c1-18(19-10-12-25-13-11-19)26-28-16-14-27(15-17-28)24-22-8-4-2-6-20(22)21-7-3-5-9-23(21)24/h2-13,24H,14-17H2,1H3/b26-18-. The topological polar surface area (TPSA) is 31.7 Å². The normalized spacial score (nSPS) is 17.5. The molecule has 0 saturated carbocycles. The second kappa shape index (κ2) is 7.21. The van der Waals surface area contributed by atoms with Gasteiger partial charge in [-0.1, -0.05) is 48.5 Å². The van der Waals surface area contributed by atoms with Crippen molar-refractivity contribution in [2.75, 3.05) is 26.2 Å². The van der Waals surface area contributed by atoms with E-state index in [2.05, 4.69) is 70.3 Å². The second-order valence-corrected chi connectivity index (χ2v) is 7.49. The van der Waals surface area contributed by atoms with Crippen molar-refractivity contribution in [3.8, 4) is 11.1 Å². The van der Waals surface area contributed by atoms with Gasteiger partial charge in [-0.3, -0.25) is 14.9 Å². The maximum absolute atomic E-state index is 4.85. The van der Waals surface area contributed by atoms with E-state index in [0.717, 1.165) is 37.5 Å². The number of hydrogen-bond acceptors (Lipinski definition) is 4. The number of benzene rings is 2. The summed E-state index contributed by atoms with van der Waals surface area (Å²) in [7, 11) is 0. The van der Waals surface area contributed by atoms with Gasteiger partial charge in [0.05, 0.1) is 11.8 Å². The molecule has 3 aromatic rings. The summed E-state index contributed by atoms with van der Waals surface area (Å²) < 4.78 is 0. The average molecular weight is 368 g/mol. The van der Waals surface area contributed by atoms with Crippen LogP contribution in [0.3, 0.4) is 0 Å². The number of hydrogen-bond donors (Lipinski definition) is 0. The lowest BCUT2D eigenvalue weighted by Crippen LogP contribution is -2.45. The highest BCUT2D eigenvalue weighted by molar-refractivity contribution is 5.98. The molecule has 2 aromatic carbocycles. The molecular weight excluding hydrogens is 344 g/mol. The zero-order chi connectivity index (χ0) is 18.9. The number of piperazine rings is 1. The van der Waals surface area contributed by atoms with Gasteiger partial charge in [0.2, 0.25) is 0 Å². The molecule has 5 rings (SSSR count). The van der Waals surface area contributed by atoms with E-state index in [-0.39, 0.29) is 0 Å². The first-order chi connectivity index (χ1) is 13.8. The molecule has 1 aliphatic carbocycles. The summed E-state index contributed by atoms with van der Waals surface area (Å²) in [5, 5.41) is 7.06. The Kier molecular flexibility index (Phi) is 4.41. The minimum atomic E-state index is 0.361. The minimum Gasteiger partial charge on any atom is -0.294 e. The first kappa shape index (κ1) is 17.1. The van der Waals surface area contributed by atoms with E-state index in [1.54, 1.807) is 0 Å².